The number of aliphatic hydroxyl groups excluding tert-OH is 1. The molecule has 0 aromatic heterocycles. The molecule has 1 fully saturated rings. The zero-order valence-corrected chi connectivity index (χ0v) is 8.53. The fourth-order valence-corrected chi connectivity index (χ4v) is 1.45. The van der Waals surface area contributed by atoms with Crippen LogP contribution in [0.15, 0.2) is 0 Å². The normalized spacial score (nSPS) is 27.5. The molecule has 3 atom stereocenters. The summed E-state index contributed by atoms with van der Waals surface area (Å²) in [5, 5.41) is 9.44. The van der Waals surface area contributed by atoms with Gasteiger partial charge < -0.3 is 14.6 Å². The summed E-state index contributed by atoms with van der Waals surface area (Å²) in [7, 11) is 0. The summed E-state index contributed by atoms with van der Waals surface area (Å²) in [6.45, 7) is 6.28. The van der Waals surface area contributed by atoms with Gasteiger partial charge in [-0.15, -0.1) is 0 Å². The molecule has 1 rings (SSSR count). The van der Waals surface area contributed by atoms with Crippen LogP contribution >= 0.6 is 0 Å². The van der Waals surface area contributed by atoms with Crippen molar-refractivity contribution in [3.63, 3.8) is 0 Å². The summed E-state index contributed by atoms with van der Waals surface area (Å²) in [4.78, 5) is 0. The van der Waals surface area contributed by atoms with Crippen LogP contribution in [0.3, 0.4) is 0 Å². The Balaban J connectivity index is 2.10. The minimum Gasteiger partial charge on any atom is -0.390 e. The summed E-state index contributed by atoms with van der Waals surface area (Å²) in [5.74, 6) is 0.534. The van der Waals surface area contributed by atoms with Crippen molar-refractivity contribution < 1.29 is 14.6 Å². The van der Waals surface area contributed by atoms with E-state index in [1.807, 2.05) is 13.8 Å². The topological polar surface area (TPSA) is 38.7 Å². The van der Waals surface area contributed by atoms with E-state index in [9.17, 15) is 5.11 Å². The monoisotopic (exact) mass is 188 g/mol. The second-order valence-electron chi connectivity index (χ2n) is 3.74. The van der Waals surface area contributed by atoms with Gasteiger partial charge in [-0.2, -0.15) is 0 Å². The maximum absolute atomic E-state index is 9.44. The van der Waals surface area contributed by atoms with E-state index in [-0.39, 0.29) is 12.2 Å². The van der Waals surface area contributed by atoms with E-state index in [0.717, 1.165) is 32.7 Å². The van der Waals surface area contributed by atoms with Crippen LogP contribution in [-0.2, 0) is 9.47 Å². The lowest BCUT2D eigenvalue weighted by Gasteiger charge is -2.19. The van der Waals surface area contributed by atoms with Gasteiger partial charge >= 0.3 is 0 Å². The second kappa shape index (κ2) is 5.58. The third-order valence-electron chi connectivity index (χ3n) is 2.58. The van der Waals surface area contributed by atoms with E-state index < -0.39 is 0 Å². The van der Waals surface area contributed by atoms with Gasteiger partial charge in [-0.25, -0.2) is 0 Å². The van der Waals surface area contributed by atoms with Gasteiger partial charge in [-0.05, 0) is 19.8 Å². The fourth-order valence-electron chi connectivity index (χ4n) is 1.45. The summed E-state index contributed by atoms with van der Waals surface area (Å²) >= 11 is 0. The average Bonchev–Trinajstić information content (AvgIpc) is 2.65. The van der Waals surface area contributed by atoms with Crippen molar-refractivity contribution in [3.05, 3.63) is 0 Å². The van der Waals surface area contributed by atoms with Crippen LogP contribution < -0.4 is 0 Å². The molecule has 1 saturated heterocycles. The molecule has 1 heterocycles. The summed E-state index contributed by atoms with van der Waals surface area (Å²) in [6.07, 6.45) is 1.46. The Morgan fingerprint density at radius 1 is 1.62 bits per heavy atom. The minimum absolute atomic E-state index is 0.0504. The Bertz CT molecular complexity index is 132. The van der Waals surface area contributed by atoms with E-state index in [0.29, 0.717) is 5.92 Å². The average molecular weight is 188 g/mol. The number of hydrogen-bond acceptors (Lipinski definition) is 3. The molecule has 1 aliphatic rings. The molecule has 3 heteroatoms. The van der Waals surface area contributed by atoms with E-state index in [4.69, 9.17) is 9.47 Å². The summed E-state index contributed by atoms with van der Waals surface area (Å²) in [5.41, 5.74) is 0. The van der Waals surface area contributed by atoms with Gasteiger partial charge in [0.15, 0.2) is 0 Å². The van der Waals surface area contributed by atoms with Crippen molar-refractivity contribution in [1.82, 2.24) is 0 Å². The number of aliphatic hydroxyl groups is 1. The molecule has 3 unspecified atom stereocenters. The molecular formula is C10H20O3. The molecular weight excluding hydrogens is 168 g/mol. The van der Waals surface area contributed by atoms with Crippen LogP contribution in [0, 0.1) is 5.92 Å². The number of hydrogen-bond donors (Lipinski definition) is 1. The lowest BCUT2D eigenvalue weighted by atomic mass is 10.1. The highest BCUT2D eigenvalue weighted by atomic mass is 16.5. The summed E-state index contributed by atoms with van der Waals surface area (Å²) < 4.78 is 10.8. The van der Waals surface area contributed by atoms with Gasteiger partial charge in [0.25, 0.3) is 0 Å². The molecule has 0 aliphatic carbocycles. The first-order valence-corrected chi connectivity index (χ1v) is 5.11. The second-order valence-corrected chi connectivity index (χ2v) is 3.74. The van der Waals surface area contributed by atoms with Gasteiger partial charge in [-0.1, -0.05) is 6.92 Å². The van der Waals surface area contributed by atoms with Crippen molar-refractivity contribution in [2.24, 2.45) is 5.92 Å². The van der Waals surface area contributed by atoms with Crippen molar-refractivity contribution in [2.75, 3.05) is 19.8 Å². The molecule has 0 amide bonds. The largest absolute Gasteiger partial charge is 0.390 e. The smallest absolute Gasteiger partial charge is 0.0805 e. The van der Waals surface area contributed by atoms with Gasteiger partial charge in [0.05, 0.1) is 25.4 Å². The van der Waals surface area contributed by atoms with E-state index >= 15 is 0 Å². The number of rotatable bonds is 5. The van der Waals surface area contributed by atoms with Gasteiger partial charge in [0.2, 0.25) is 0 Å². The molecule has 78 valence electrons. The molecule has 0 aromatic carbocycles. The van der Waals surface area contributed by atoms with Crippen LogP contribution in [0.25, 0.3) is 0 Å². The molecule has 13 heavy (non-hydrogen) atoms. The van der Waals surface area contributed by atoms with Crippen molar-refractivity contribution in [2.45, 2.75) is 38.9 Å². The van der Waals surface area contributed by atoms with Crippen LogP contribution in [0.4, 0.5) is 0 Å². The zero-order valence-electron chi connectivity index (χ0n) is 8.53. The number of ether oxygens (including phenoxy) is 2. The van der Waals surface area contributed by atoms with Crippen molar-refractivity contribution in [1.29, 1.82) is 0 Å². The first-order valence-electron chi connectivity index (χ1n) is 5.11. The highest BCUT2D eigenvalue weighted by molar-refractivity contribution is 4.66. The van der Waals surface area contributed by atoms with E-state index in [1.54, 1.807) is 0 Å². The highest BCUT2D eigenvalue weighted by Crippen LogP contribution is 2.14. The molecule has 0 spiro atoms. The van der Waals surface area contributed by atoms with Gasteiger partial charge in [0, 0.05) is 12.5 Å². The predicted molar refractivity (Wildman–Crippen MR) is 50.6 cm³/mol. The Morgan fingerprint density at radius 3 is 2.92 bits per heavy atom. The molecule has 0 aromatic rings. The maximum atomic E-state index is 9.44. The first-order chi connectivity index (χ1) is 6.24. The van der Waals surface area contributed by atoms with Crippen molar-refractivity contribution in [3.8, 4) is 0 Å². The van der Waals surface area contributed by atoms with Crippen LogP contribution in [-0.4, -0.2) is 37.1 Å². The Kier molecular flexibility index (Phi) is 4.70. The van der Waals surface area contributed by atoms with Gasteiger partial charge in [0.1, 0.15) is 0 Å². The fraction of sp³-hybridized carbons (Fsp3) is 1.00. The van der Waals surface area contributed by atoms with Crippen LogP contribution in [0.1, 0.15) is 26.7 Å². The molecule has 0 bridgehead atoms. The predicted octanol–water partition coefficient (Wildman–Crippen LogP) is 1.20. The molecule has 1 aliphatic heterocycles. The minimum atomic E-state index is -0.331. The third-order valence-corrected chi connectivity index (χ3v) is 2.58. The molecule has 0 radical (unpaired) electrons. The maximum Gasteiger partial charge on any atom is 0.0805 e. The zero-order chi connectivity index (χ0) is 9.68. The highest BCUT2D eigenvalue weighted by Gasteiger charge is 2.19. The van der Waals surface area contributed by atoms with Crippen molar-refractivity contribution >= 4 is 0 Å². The van der Waals surface area contributed by atoms with Crippen LogP contribution in [0.5, 0.6) is 0 Å². The molecule has 0 saturated carbocycles. The van der Waals surface area contributed by atoms with Gasteiger partial charge in [-0.3, -0.25) is 0 Å². The molecule has 1 N–H and O–H groups in total. The Hall–Kier alpha value is -0.120. The summed E-state index contributed by atoms with van der Waals surface area (Å²) in [6, 6.07) is 0. The first kappa shape index (κ1) is 11.0. The quantitative estimate of drug-likeness (QED) is 0.704. The Labute approximate surface area is 80.0 Å². The third kappa shape index (κ3) is 3.63. The Morgan fingerprint density at radius 2 is 2.38 bits per heavy atom. The lowest BCUT2D eigenvalue weighted by molar-refractivity contribution is -0.0407. The standard InChI is InChI=1S/C10H20O3/c1-3-10(11)8(2)13-7-9-4-5-12-6-9/h8-11H,3-7H2,1-2H3. The van der Waals surface area contributed by atoms with Crippen LogP contribution in [0.2, 0.25) is 0 Å². The lowest BCUT2D eigenvalue weighted by Crippen LogP contribution is -2.27. The molecule has 3 nitrogen and oxygen atoms in total. The van der Waals surface area contributed by atoms with E-state index in [2.05, 4.69) is 0 Å². The van der Waals surface area contributed by atoms with E-state index in [1.165, 1.54) is 0 Å². The SMILES string of the molecule is CCC(O)C(C)OCC1CCOC1.